The minimum absolute atomic E-state index is 0.220. The third kappa shape index (κ3) is 7.03. The molecular weight excluding hydrogens is 392 g/mol. The molecule has 0 saturated heterocycles. The van der Waals surface area contributed by atoms with Gasteiger partial charge in [0.2, 0.25) is 0 Å². The van der Waals surface area contributed by atoms with E-state index in [0.29, 0.717) is 23.5 Å². The normalized spacial score (nSPS) is 10.5. The predicted octanol–water partition coefficient (Wildman–Crippen LogP) is 6.13. The fraction of sp³-hybridized carbons (Fsp3) is 0.280. The van der Waals surface area contributed by atoms with E-state index in [4.69, 9.17) is 9.15 Å². The second-order valence-electron chi connectivity index (χ2n) is 7.25. The Morgan fingerprint density at radius 3 is 2.23 bits per heavy atom. The monoisotopic (exact) mass is 420 g/mol. The molecule has 3 rings (SSSR count). The fourth-order valence-corrected chi connectivity index (χ4v) is 3.08. The number of hydrogen-bond acceptors (Lipinski definition) is 4. The number of amides is 2. The molecule has 3 aromatic rings. The Labute approximate surface area is 182 Å². The van der Waals surface area contributed by atoms with Gasteiger partial charge >= 0.3 is 0 Å². The van der Waals surface area contributed by atoms with Crippen LogP contribution in [0.15, 0.2) is 71.3 Å². The second-order valence-corrected chi connectivity index (χ2v) is 7.25. The van der Waals surface area contributed by atoms with Crippen molar-refractivity contribution in [2.24, 2.45) is 0 Å². The molecule has 1 heterocycles. The lowest BCUT2D eigenvalue weighted by Gasteiger charge is -2.09. The highest BCUT2D eigenvalue weighted by Gasteiger charge is 2.10. The molecule has 2 amide bonds. The van der Waals surface area contributed by atoms with Gasteiger partial charge in [0.1, 0.15) is 5.75 Å². The predicted molar refractivity (Wildman–Crippen MR) is 122 cm³/mol. The maximum atomic E-state index is 12.6. The highest BCUT2D eigenvalue weighted by Crippen LogP contribution is 2.19. The van der Waals surface area contributed by atoms with Crippen LogP contribution >= 0.6 is 0 Å². The summed E-state index contributed by atoms with van der Waals surface area (Å²) in [7, 11) is 0. The van der Waals surface area contributed by atoms with Crippen LogP contribution in [0.4, 0.5) is 11.4 Å². The largest absolute Gasteiger partial charge is 0.494 e. The number of carbonyl (C=O) groups excluding carboxylic acids is 2. The summed E-state index contributed by atoms with van der Waals surface area (Å²) in [6, 6.07) is 17.3. The van der Waals surface area contributed by atoms with Gasteiger partial charge in [0.05, 0.1) is 12.9 Å². The van der Waals surface area contributed by atoms with Crippen molar-refractivity contribution in [1.29, 1.82) is 0 Å². The highest BCUT2D eigenvalue weighted by molar-refractivity contribution is 6.05. The molecule has 0 unspecified atom stereocenters. The van der Waals surface area contributed by atoms with Crippen LogP contribution in [0, 0.1) is 0 Å². The molecule has 162 valence electrons. The Bertz CT molecular complexity index is 965. The van der Waals surface area contributed by atoms with Gasteiger partial charge in [0.25, 0.3) is 11.8 Å². The topological polar surface area (TPSA) is 80.6 Å². The lowest BCUT2D eigenvalue weighted by Crippen LogP contribution is -2.13. The number of unbranched alkanes of at least 4 members (excludes halogenated alkanes) is 4. The molecule has 1 aromatic heterocycles. The van der Waals surface area contributed by atoms with Crippen molar-refractivity contribution in [2.75, 3.05) is 17.2 Å². The number of benzene rings is 2. The lowest BCUT2D eigenvalue weighted by molar-refractivity contribution is 0.0995. The van der Waals surface area contributed by atoms with Gasteiger partial charge in [-0.3, -0.25) is 9.59 Å². The third-order valence-electron chi connectivity index (χ3n) is 4.76. The molecule has 2 N–H and O–H groups in total. The molecule has 0 fully saturated rings. The van der Waals surface area contributed by atoms with Crippen LogP contribution < -0.4 is 15.4 Å². The zero-order chi connectivity index (χ0) is 21.9. The van der Waals surface area contributed by atoms with Crippen LogP contribution in [0.1, 0.15) is 59.9 Å². The summed E-state index contributed by atoms with van der Waals surface area (Å²) in [5.41, 5.74) is 1.66. The van der Waals surface area contributed by atoms with E-state index < -0.39 is 0 Å². The first kappa shape index (κ1) is 22.2. The SMILES string of the molecule is CCCCCCCOc1ccc(C(=O)Nc2cccc(NC(=O)c3ccco3)c2)cc1. The van der Waals surface area contributed by atoms with Crippen molar-refractivity contribution >= 4 is 23.2 Å². The Hall–Kier alpha value is -3.54. The fourth-order valence-electron chi connectivity index (χ4n) is 3.08. The van der Waals surface area contributed by atoms with E-state index in [-0.39, 0.29) is 17.6 Å². The van der Waals surface area contributed by atoms with Crippen LogP contribution in [0.25, 0.3) is 0 Å². The van der Waals surface area contributed by atoms with Crippen molar-refractivity contribution in [1.82, 2.24) is 0 Å². The number of anilines is 2. The molecule has 0 aliphatic heterocycles. The number of rotatable bonds is 11. The molecule has 0 saturated carbocycles. The van der Waals surface area contributed by atoms with Crippen LogP contribution in [-0.2, 0) is 0 Å². The summed E-state index contributed by atoms with van der Waals surface area (Å²) in [5, 5.41) is 5.58. The van der Waals surface area contributed by atoms with Gasteiger partial charge in [-0.15, -0.1) is 0 Å². The first-order valence-electron chi connectivity index (χ1n) is 10.6. The summed E-state index contributed by atoms with van der Waals surface area (Å²) in [5.74, 6) is 0.391. The highest BCUT2D eigenvalue weighted by atomic mass is 16.5. The Balaban J connectivity index is 1.50. The third-order valence-corrected chi connectivity index (χ3v) is 4.76. The van der Waals surface area contributed by atoms with Crippen LogP contribution in [0.5, 0.6) is 5.75 Å². The summed E-state index contributed by atoms with van der Waals surface area (Å²) in [6.07, 6.45) is 7.39. The quantitative estimate of drug-likeness (QED) is 0.366. The molecule has 0 spiro atoms. The zero-order valence-corrected chi connectivity index (χ0v) is 17.7. The summed E-state index contributed by atoms with van der Waals surface area (Å²) >= 11 is 0. The first-order chi connectivity index (χ1) is 15.2. The van der Waals surface area contributed by atoms with Crippen molar-refractivity contribution in [3.8, 4) is 5.75 Å². The van der Waals surface area contributed by atoms with Crippen LogP contribution in [0.2, 0.25) is 0 Å². The van der Waals surface area contributed by atoms with Gasteiger partial charge in [0, 0.05) is 16.9 Å². The van der Waals surface area contributed by atoms with E-state index in [1.807, 2.05) is 0 Å². The molecular formula is C25H28N2O4. The van der Waals surface area contributed by atoms with Crippen LogP contribution in [-0.4, -0.2) is 18.4 Å². The van der Waals surface area contributed by atoms with Gasteiger partial charge in [-0.05, 0) is 61.0 Å². The van der Waals surface area contributed by atoms with Gasteiger partial charge in [-0.25, -0.2) is 0 Å². The Kier molecular flexibility index (Phi) is 8.29. The van der Waals surface area contributed by atoms with Crippen molar-refractivity contribution in [3.63, 3.8) is 0 Å². The van der Waals surface area contributed by atoms with E-state index in [0.717, 1.165) is 12.2 Å². The lowest BCUT2D eigenvalue weighted by atomic mass is 10.1. The summed E-state index contributed by atoms with van der Waals surface area (Å²) in [6.45, 7) is 2.89. The van der Waals surface area contributed by atoms with E-state index in [9.17, 15) is 9.59 Å². The van der Waals surface area contributed by atoms with E-state index >= 15 is 0 Å². The second kappa shape index (κ2) is 11.6. The van der Waals surface area contributed by atoms with Gasteiger partial charge in [-0.2, -0.15) is 0 Å². The standard InChI is InChI=1S/C25H28N2O4/c1-2-3-4-5-6-16-30-22-14-12-19(13-15-22)24(28)26-20-9-7-10-21(18-20)27-25(29)23-11-8-17-31-23/h7-15,17-18H,2-6,16H2,1H3,(H,26,28)(H,27,29). The minimum atomic E-state index is -0.352. The molecule has 31 heavy (non-hydrogen) atoms. The first-order valence-corrected chi connectivity index (χ1v) is 10.6. The molecule has 6 heteroatoms. The maximum absolute atomic E-state index is 12.6. The molecule has 0 aliphatic carbocycles. The van der Waals surface area contributed by atoms with E-state index in [1.54, 1.807) is 60.7 Å². The summed E-state index contributed by atoms with van der Waals surface area (Å²) < 4.78 is 10.8. The molecule has 6 nitrogen and oxygen atoms in total. The average molecular weight is 421 g/mol. The van der Waals surface area contributed by atoms with Gasteiger partial charge in [0.15, 0.2) is 5.76 Å². The van der Waals surface area contributed by atoms with Crippen LogP contribution in [0.3, 0.4) is 0 Å². The van der Waals surface area contributed by atoms with E-state index in [1.165, 1.54) is 31.9 Å². The van der Waals surface area contributed by atoms with Gasteiger partial charge < -0.3 is 19.8 Å². The Morgan fingerprint density at radius 1 is 0.839 bits per heavy atom. The molecule has 2 aromatic carbocycles. The Morgan fingerprint density at radius 2 is 1.55 bits per heavy atom. The number of furan rings is 1. The zero-order valence-electron chi connectivity index (χ0n) is 17.7. The van der Waals surface area contributed by atoms with Gasteiger partial charge in [-0.1, -0.05) is 38.7 Å². The number of nitrogens with one attached hydrogen (secondary N) is 2. The molecule has 0 radical (unpaired) electrons. The molecule has 0 atom stereocenters. The van der Waals surface area contributed by atoms with Crippen molar-refractivity contribution in [2.45, 2.75) is 39.0 Å². The average Bonchev–Trinajstić information content (AvgIpc) is 3.32. The number of hydrogen-bond donors (Lipinski definition) is 2. The maximum Gasteiger partial charge on any atom is 0.291 e. The van der Waals surface area contributed by atoms with E-state index in [2.05, 4.69) is 17.6 Å². The molecule has 0 bridgehead atoms. The molecule has 0 aliphatic rings. The van der Waals surface area contributed by atoms with Crippen molar-refractivity contribution < 1.29 is 18.7 Å². The smallest absolute Gasteiger partial charge is 0.291 e. The number of ether oxygens (including phenoxy) is 1. The minimum Gasteiger partial charge on any atom is -0.494 e. The summed E-state index contributed by atoms with van der Waals surface area (Å²) in [4.78, 5) is 24.7. The van der Waals surface area contributed by atoms with Crippen molar-refractivity contribution in [3.05, 3.63) is 78.3 Å². The number of carbonyl (C=O) groups is 2.